The minimum atomic E-state index is -0.0692. The number of hydrogen-bond donors (Lipinski definition) is 1. The fourth-order valence-corrected chi connectivity index (χ4v) is 2.65. The topological polar surface area (TPSA) is 38.3 Å². The molecule has 2 atom stereocenters. The number of esters is 1. The number of carbonyl (C=O) groups excluding carboxylic acids is 1. The Morgan fingerprint density at radius 1 is 1.28 bits per heavy atom. The van der Waals surface area contributed by atoms with E-state index in [1.165, 1.54) is 19.1 Å². The van der Waals surface area contributed by atoms with Crippen LogP contribution in [-0.4, -0.2) is 19.1 Å². The minimum Gasteiger partial charge on any atom is -0.469 e. The van der Waals surface area contributed by atoms with E-state index in [4.69, 9.17) is 4.74 Å². The van der Waals surface area contributed by atoms with Crippen molar-refractivity contribution in [2.24, 2.45) is 5.92 Å². The summed E-state index contributed by atoms with van der Waals surface area (Å²) in [4.78, 5) is 11.7. The summed E-state index contributed by atoms with van der Waals surface area (Å²) in [7, 11) is 1.48. The number of rotatable bonds is 4. The summed E-state index contributed by atoms with van der Waals surface area (Å²) in [5.74, 6) is -0.0484. The fourth-order valence-electron chi connectivity index (χ4n) is 2.65. The van der Waals surface area contributed by atoms with Gasteiger partial charge in [-0.25, -0.2) is 0 Å². The van der Waals surface area contributed by atoms with Gasteiger partial charge in [-0.15, -0.1) is 0 Å². The molecule has 0 saturated heterocycles. The third-order valence-electron chi connectivity index (χ3n) is 3.68. The normalized spacial score (nSPS) is 23.6. The zero-order chi connectivity index (χ0) is 12.8. The van der Waals surface area contributed by atoms with Crippen molar-refractivity contribution in [2.75, 3.05) is 7.11 Å². The van der Waals surface area contributed by atoms with Crippen molar-refractivity contribution in [3.63, 3.8) is 0 Å². The summed E-state index contributed by atoms with van der Waals surface area (Å²) >= 11 is 0. The summed E-state index contributed by atoms with van der Waals surface area (Å²) < 4.78 is 4.89. The first-order chi connectivity index (χ1) is 8.81. The highest BCUT2D eigenvalue weighted by atomic mass is 16.5. The van der Waals surface area contributed by atoms with Gasteiger partial charge in [0.2, 0.25) is 0 Å². The van der Waals surface area contributed by atoms with Gasteiger partial charge < -0.3 is 10.1 Å². The van der Waals surface area contributed by atoms with E-state index in [-0.39, 0.29) is 17.9 Å². The first-order valence-corrected chi connectivity index (χ1v) is 6.66. The van der Waals surface area contributed by atoms with Gasteiger partial charge in [0.05, 0.1) is 13.0 Å². The molecule has 1 aromatic carbocycles. The lowest BCUT2D eigenvalue weighted by atomic mass is 9.84. The van der Waals surface area contributed by atoms with Gasteiger partial charge in [-0.1, -0.05) is 43.2 Å². The van der Waals surface area contributed by atoms with E-state index in [0.717, 1.165) is 25.8 Å². The molecule has 0 spiro atoms. The van der Waals surface area contributed by atoms with Crippen LogP contribution < -0.4 is 5.32 Å². The second-order valence-corrected chi connectivity index (χ2v) is 4.89. The summed E-state index contributed by atoms with van der Waals surface area (Å²) in [5, 5.41) is 3.50. The Kier molecular flexibility index (Phi) is 4.76. The number of carbonyl (C=O) groups is 1. The molecule has 0 aromatic heterocycles. The number of ether oxygens (including phenoxy) is 1. The van der Waals surface area contributed by atoms with Crippen molar-refractivity contribution in [1.82, 2.24) is 5.32 Å². The van der Waals surface area contributed by atoms with Gasteiger partial charge >= 0.3 is 5.97 Å². The molecule has 1 aromatic rings. The first-order valence-electron chi connectivity index (χ1n) is 6.66. The summed E-state index contributed by atoms with van der Waals surface area (Å²) in [5.41, 5.74) is 1.26. The maximum Gasteiger partial charge on any atom is 0.310 e. The van der Waals surface area contributed by atoms with Gasteiger partial charge in [0.15, 0.2) is 0 Å². The van der Waals surface area contributed by atoms with Gasteiger partial charge in [0, 0.05) is 12.6 Å². The van der Waals surface area contributed by atoms with Crippen LogP contribution in [0.4, 0.5) is 0 Å². The monoisotopic (exact) mass is 247 g/mol. The van der Waals surface area contributed by atoms with Gasteiger partial charge in [-0.05, 0) is 18.4 Å². The van der Waals surface area contributed by atoms with Crippen LogP contribution in [0.25, 0.3) is 0 Å². The summed E-state index contributed by atoms with van der Waals surface area (Å²) in [6.45, 7) is 0.818. The van der Waals surface area contributed by atoms with Crippen molar-refractivity contribution in [3.05, 3.63) is 35.9 Å². The fraction of sp³-hybridized carbons (Fsp3) is 0.533. The second-order valence-electron chi connectivity index (χ2n) is 4.89. The molecule has 0 heterocycles. The first kappa shape index (κ1) is 13.1. The van der Waals surface area contributed by atoms with Crippen LogP contribution in [0.1, 0.15) is 31.2 Å². The third kappa shape index (κ3) is 3.33. The molecule has 0 aliphatic heterocycles. The Bertz CT molecular complexity index is 377. The van der Waals surface area contributed by atoms with Crippen molar-refractivity contribution >= 4 is 5.97 Å². The van der Waals surface area contributed by atoms with Crippen LogP contribution >= 0.6 is 0 Å². The van der Waals surface area contributed by atoms with Crippen LogP contribution in [0.3, 0.4) is 0 Å². The predicted molar refractivity (Wildman–Crippen MR) is 71.0 cm³/mol. The minimum absolute atomic E-state index is 0.0208. The largest absolute Gasteiger partial charge is 0.469 e. The number of hydrogen-bond acceptors (Lipinski definition) is 3. The molecule has 0 amide bonds. The summed E-state index contributed by atoms with van der Waals surface area (Å²) in [6, 6.07) is 10.5. The zero-order valence-corrected chi connectivity index (χ0v) is 10.9. The molecule has 2 unspecified atom stereocenters. The van der Waals surface area contributed by atoms with Crippen molar-refractivity contribution in [3.8, 4) is 0 Å². The van der Waals surface area contributed by atoms with Crippen LogP contribution in [-0.2, 0) is 16.1 Å². The van der Waals surface area contributed by atoms with E-state index in [1.807, 2.05) is 18.2 Å². The molecule has 98 valence electrons. The van der Waals surface area contributed by atoms with Gasteiger partial charge in [-0.3, -0.25) is 4.79 Å². The number of benzene rings is 1. The molecule has 1 fully saturated rings. The molecule has 2 rings (SSSR count). The highest BCUT2D eigenvalue weighted by molar-refractivity contribution is 5.73. The zero-order valence-electron chi connectivity index (χ0n) is 10.9. The molecule has 0 bridgehead atoms. The average Bonchev–Trinajstić information content (AvgIpc) is 2.45. The molecule has 1 saturated carbocycles. The molecular formula is C15H21NO2. The average molecular weight is 247 g/mol. The Hall–Kier alpha value is -1.35. The quantitative estimate of drug-likeness (QED) is 0.831. The van der Waals surface area contributed by atoms with E-state index in [0.29, 0.717) is 0 Å². The van der Waals surface area contributed by atoms with Crippen LogP contribution in [0, 0.1) is 5.92 Å². The second kappa shape index (κ2) is 6.55. The lowest BCUT2D eigenvalue weighted by Gasteiger charge is -2.30. The molecule has 3 heteroatoms. The molecular weight excluding hydrogens is 226 g/mol. The molecule has 3 nitrogen and oxygen atoms in total. The van der Waals surface area contributed by atoms with Crippen LogP contribution in [0.2, 0.25) is 0 Å². The Morgan fingerprint density at radius 3 is 2.72 bits per heavy atom. The Morgan fingerprint density at radius 2 is 2.00 bits per heavy atom. The number of methoxy groups -OCH3 is 1. The molecule has 18 heavy (non-hydrogen) atoms. The van der Waals surface area contributed by atoms with Crippen molar-refractivity contribution < 1.29 is 9.53 Å². The predicted octanol–water partition coefficient (Wildman–Crippen LogP) is 2.51. The van der Waals surface area contributed by atoms with E-state index in [2.05, 4.69) is 17.4 Å². The van der Waals surface area contributed by atoms with Gasteiger partial charge in [0.25, 0.3) is 0 Å². The number of nitrogens with one attached hydrogen (secondary N) is 1. The maximum atomic E-state index is 11.7. The molecule has 1 aliphatic rings. The lowest BCUT2D eigenvalue weighted by Crippen LogP contribution is -2.42. The Labute approximate surface area is 109 Å². The maximum absolute atomic E-state index is 11.7. The van der Waals surface area contributed by atoms with E-state index < -0.39 is 0 Å². The molecule has 0 radical (unpaired) electrons. The van der Waals surface area contributed by atoms with Crippen LogP contribution in [0.5, 0.6) is 0 Å². The molecule has 1 aliphatic carbocycles. The van der Waals surface area contributed by atoms with Crippen molar-refractivity contribution in [2.45, 2.75) is 38.3 Å². The van der Waals surface area contributed by atoms with Gasteiger partial charge in [-0.2, -0.15) is 0 Å². The standard InChI is InChI=1S/C15H21NO2/c1-18-15(17)13-9-5-6-10-14(13)16-11-12-7-3-2-4-8-12/h2-4,7-8,13-14,16H,5-6,9-11H2,1H3. The highest BCUT2D eigenvalue weighted by Gasteiger charge is 2.31. The van der Waals surface area contributed by atoms with Crippen LogP contribution in [0.15, 0.2) is 30.3 Å². The molecule has 1 N–H and O–H groups in total. The van der Waals surface area contributed by atoms with E-state index >= 15 is 0 Å². The van der Waals surface area contributed by atoms with E-state index in [9.17, 15) is 4.79 Å². The third-order valence-corrected chi connectivity index (χ3v) is 3.68. The van der Waals surface area contributed by atoms with Gasteiger partial charge in [0.1, 0.15) is 0 Å². The lowest BCUT2D eigenvalue weighted by molar-refractivity contribution is -0.147. The SMILES string of the molecule is COC(=O)C1CCCCC1NCc1ccccc1. The Balaban J connectivity index is 1.91. The smallest absolute Gasteiger partial charge is 0.310 e. The van der Waals surface area contributed by atoms with E-state index in [1.54, 1.807) is 0 Å². The van der Waals surface area contributed by atoms with Crippen molar-refractivity contribution in [1.29, 1.82) is 0 Å². The highest BCUT2D eigenvalue weighted by Crippen LogP contribution is 2.25. The summed E-state index contributed by atoms with van der Waals surface area (Å²) in [6.07, 6.45) is 4.33.